The summed E-state index contributed by atoms with van der Waals surface area (Å²) in [5.74, 6) is -1.71. The Morgan fingerprint density at radius 1 is 0.902 bits per heavy atom. The van der Waals surface area contributed by atoms with Crippen LogP contribution in [0.5, 0.6) is 0 Å². The number of benzene rings is 1. The molecule has 0 aliphatic carbocycles. The number of imide groups is 1. The second kappa shape index (κ2) is 13.6. The molecule has 1 aromatic carbocycles. The van der Waals surface area contributed by atoms with Crippen molar-refractivity contribution in [1.82, 2.24) is 4.90 Å². The van der Waals surface area contributed by atoms with Crippen molar-refractivity contribution in [3.05, 3.63) is 35.4 Å². The van der Waals surface area contributed by atoms with Crippen molar-refractivity contribution < 1.29 is 63.6 Å². The van der Waals surface area contributed by atoms with Crippen LogP contribution in [0.25, 0.3) is 0 Å². The average Bonchev–Trinajstić information content (AvgIpc) is 3.22. The Morgan fingerprint density at radius 3 is 2.17 bits per heavy atom. The molecule has 0 radical (unpaired) electrons. The van der Waals surface area contributed by atoms with Crippen LogP contribution < -0.4 is 0 Å². The van der Waals surface area contributed by atoms with Crippen LogP contribution in [0.2, 0.25) is 0 Å². The van der Waals surface area contributed by atoms with Gasteiger partial charge < -0.3 is 49.2 Å². The molecule has 3 aliphatic rings. The first kappa shape index (κ1) is 31.4. The first-order valence-electron chi connectivity index (χ1n) is 13.6. The van der Waals surface area contributed by atoms with E-state index >= 15 is 0 Å². The number of aliphatic hydroxyl groups is 5. The van der Waals surface area contributed by atoms with E-state index in [1.165, 1.54) is 26.2 Å². The maximum Gasteiger partial charge on any atom is 0.305 e. The summed E-state index contributed by atoms with van der Waals surface area (Å²) in [6.45, 7) is 0.844. The first-order valence-corrected chi connectivity index (χ1v) is 13.6. The van der Waals surface area contributed by atoms with E-state index in [4.69, 9.17) is 18.9 Å². The summed E-state index contributed by atoms with van der Waals surface area (Å²) in [6.07, 6.45) is -11.2. The molecule has 0 spiro atoms. The van der Waals surface area contributed by atoms with Gasteiger partial charge in [-0.3, -0.25) is 19.3 Å². The molecule has 10 atom stereocenters. The third-order valence-electron chi connectivity index (χ3n) is 7.58. The smallest absolute Gasteiger partial charge is 0.305 e. The summed E-state index contributed by atoms with van der Waals surface area (Å²) >= 11 is 0. The minimum Gasteiger partial charge on any atom is -0.469 e. The molecule has 5 N–H and O–H groups in total. The lowest BCUT2D eigenvalue weighted by atomic mass is 9.94. The van der Waals surface area contributed by atoms with E-state index in [-0.39, 0.29) is 30.1 Å². The lowest BCUT2D eigenvalue weighted by Crippen LogP contribution is -2.68. The maximum atomic E-state index is 13.4. The van der Waals surface area contributed by atoms with Gasteiger partial charge in [-0.15, -0.1) is 0 Å². The Bertz CT molecular complexity index is 1050. The molecular formula is C27H37NO13. The summed E-state index contributed by atoms with van der Waals surface area (Å²) in [7, 11) is 1.30. The van der Waals surface area contributed by atoms with Crippen LogP contribution in [0.3, 0.4) is 0 Å². The van der Waals surface area contributed by atoms with E-state index in [1.54, 1.807) is 12.1 Å². The molecule has 41 heavy (non-hydrogen) atoms. The summed E-state index contributed by atoms with van der Waals surface area (Å²) < 4.78 is 27.7. The van der Waals surface area contributed by atoms with Crippen molar-refractivity contribution in [2.75, 3.05) is 20.3 Å². The lowest BCUT2D eigenvalue weighted by molar-refractivity contribution is -0.347. The normalized spacial score (nSPS) is 35.4. The molecule has 2 amide bonds. The number of unbranched alkanes of at least 4 members (excludes halogenated alkanes) is 2. The number of carbonyl (C=O) groups excluding carboxylic acids is 3. The molecule has 2 fully saturated rings. The van der Waals surface area contributed by atoms with Gasteiger partial charge in [0.25, 0.3) is 11.8 Å². The molecule has 14 heteroatoms. The van der Waals surface area contributed by atoms with Crippen LogP contribution in [0.15, 0.2) is 24.3 Å². The standard InChI is InChI=1S/C27H37NO13/c1-13-19(31)21(33)22(34)27(39-13)41-23-16(12-29)40-26(38-11-7-3-4-10-17(30)37-2)18(20(23)32)28-24(35)14-8-5-6-9-15(14)25(28)36/h5-6,8-9,13,16,18-23,26-27,29,31-34H,3-4,7,10-12H2,1-2H3/t13-,16+,18+,19+,20+,21+,22-,23+,26+,27-/m0/s1. The molecule has 1 aromatic rings. The minimum absolute atomic E-state index is 0.0773. The molecule has 3 aliphatic heterocycles. The Balaban J connectivity index is 1.55. The summed E-state index contributed by atoms with van der Waals surface area (Å²) in [6, 6.07) is 4.72. The van der Waals surface area contributed by atoms with Gasteiger partial charge in [0.2, 0.25) is 0 Å². The van der Waals surface area contributed by atoms with Crippen LogP contribution in [0, 0.1) is 0 Å². The molecule has 14 nitrogen and oxygen atoms in total. The molecule has 0 unspecified atom stereocenters. The van der Waals surface area contributed by atoms with Crippen molar-refractivity contribution >= 4 is 17.8 Å². The number of methoxy groups -OCH3 is 1. The Hall–Kier alpha value is -2.53. The molecule has 2 saturated heterocycles. The molecule has 0 aromatic heterocycles. The number of aliphatic hydroxyl groups excluding tert-OH is 5. The van der Waals surface area contributed by atoms with E-state index in [9.17, 15) is 39.9 Å². The van der Waals surface area contributed by atoms with Gasteiger partial charge in [0.05, 0.1) is 30.9 Å². The number of fused-ring (bicyclic) bond motifs is 1. The number of rotatable bonds is 11. The molecule has 3 heterocycles. The number of ether oxygens (including phenoxy) is 5. The van der Waals surface area contributed by atoms with Crippen molar-refractivity contribution in [2.24, 2.45) is 0 Å². The number of hydrogen-bond donors (Lipinski definition) is 5. The van der Waals surface area contributed by atoms with E-state index in [1.807, 2.05) is 0 Å². The van der Waals surface area contributed by atoms with Gasteiger partial charge in [0.1, 0.15) is 42.7 Å². The number of esters is 1. The highest BCUT2D eigenvalue weighted by atomic mass is 16.7. The second-order valence-corrected chi connectivity index (χ2v) is 10.3. The van der Waals surface area contributed by atoms with Crippen molar-refractivity contribution in [1.29, 1.82) is 0 Å². The van der Waals surface area contributed by atoms with E-state index < -0.39 is 79.8 Å². The number of carbonyl (C=O) groups is 3. The summed E-state index contributed by atoms with van der Waals surface area (Å²) in [4.78, 5) is 38.9. The Labute approximate surface area is 236 Å². The monoisotopic (exact) mass is 583 g/mol. The SMILES string of the molecule is COC(=O)CCCCCO[C@@H]1O[C@H](CO)[C@@H](O[C@@H]2O[C@@H](C)[C@@H](O)[C@@H](O)[C@@H]2O)[C@H](O)[C@H]1N1C(=O)c2ccccc2C1=O. The van der Waals surface area contributed by atoms with E-state index in [0.29, 0.717) is 19.3 Å². The highest BCUT2D eigenvalue weighted by Gasteiger charge is 2.55. The maximum absolute atomic E-state index is 13.4. The second-order valence-electron chi connectivity index (χ2n) is 10.3. The van der Waals surface area contributed by atoms with Crippen molar-refractivity contribution in [2.45, 2.75) is 94.0 Å². The Morgan fingerprint density at radius 2 is 1.56 bits per heavy atom. The van der Waals surface area contributed by atoms with Crippen LogP contribution in [0.1, 0.15) is 53.3 Å². The topological polar surface area (TPSA) is 202 Å². The largest absolute Gasteiger partial charge is 0.469 e. The van der Waals surface area contributed by atoms with Crippen LogP contribution in [0.4, 0.5) is 0 Å². The van der Waals surface area contributed by atoms with Gasteiger partial charge in [0, 0.05) is 13.0 Å². The van der Waals surface area contributed by atoms with Gasteiger partial charge in [-0.05, 0) is 31.9 Å². The molecule has 0 saturated carbocycles. The van der Waals surface area contributed by atoms with Crippen molar-refractivity contribution in [3.8, 4) is 0 Å². The third kappa shape index (κ3) is 6.45. The zero-order valence-electron chi connectivity index (χ0n) is 22.8. The first-order chi connectivity index (χ1) is 19.6. The zero-order valence-corrected chi connectivity index (χ0v) is 22.8. The molecular weight excluding hydrogens is 546 g/mol. The molecule has 0 bridgehead atoms. The highest BCUT2D eigenvalue weighted by molar-refractivity contribution is 6.21. The fourth-order valence-electron chi connectivity index (χ4n) is 5.24. The van der Waals surface area contributed by atoms with E-state index in [0.717, 1.165) is 4.90 Å². The lowest BCUT2D eigenvalue weighted by Gasteiger charge is -2.48. The predicted octanol–water partition coefficient (Wildman–Crippen LogP) is -1.31. The fraction of sp³-hybridized carbons (Fsp3) is 0.667. The van der Waals surface area contributed by atoms with Crippen LogP contribution in [-0.2, 0) is 28.5 Å². The van der Waals surface area contributed by atoms with Gasteiger partial charge in [-0.2, -0.15) is 0 Å². The predicted molar refractivity (Wildman–Crippen MR) is 136 cm³/mol. The molecule has 4 rings (SSSR count). The minimum atomic E-state index is -1.72. The van der Waals surface area contributed by atoms with Crippen LogP contribution >= 0.6 is 0 Å². The number of amides is 2. The van der Waals surface area contributed by atoms with Crippen LogP contribution in [-0.4, -0.2) is 130 Å². The zero-order chi connectivity index (χ0) is 29.8. The van der Waals surface area contributed by atoms with Crippen molar-refractivity contribution in [3.63, 3.8) is 0 Å². The number of nitrogens with zero attached hydrogens (tertiary/aromatic N) is 1. The average molecular weight is 584 g/mol. The highest BCUT2D eigenvalue weighted by Crippen LogP contribution is 2.35. The van der Waals surface area contributed by atoms with Gasteiger partial charge in [0.15, 0.2) is 12.6 Å². The van der Waals surface area contributed by atoms with Gasteiger partial charge >= 0.3 is 5.97 Å². The van der Waals surface area contributed by atoms with Gasteiger partial charge in [-0.1, -0.05) is 18.6 Å². The van der Waals surface area contributed by atoms with Gasteiger partial charge in [-0.25, -0.2) is 0 Å². The third-order valence-corrected chi connectivity index (χ3v) is 7.58. The van der Waals surface area contributed by atoms with E-state index in [2.05, 4.69) is 4.74 Å². The number of hydrogen-bond acceptors (Lipinski definition) is 13. The summed E-state index contributed by atoms with van der Waals surface area (Å²) in [5.41, 5.74) is 0.259. The Kier molecular flexibility index (Phi) is 10.4. The molecule has 228 valence electrons. The fourth-order valence-corrected chi connectivity index (χ4v) is 5.24. The summed E-state index contributed by atoms with van der Waals surface area (Å²) in [5, 5.41) is 52.3. The quantitative estimate of drug-likeness (QED) is 0.117.